The standard InChI is InChI=1S/C37H40N2O9/c1-6-38-26-15-23-14-19(2)33(44-5)32(42)29(23)31(38)25-16-24-30(36-35(46-18-47-36)20(3)34(24)48-21(4)40)27(39(25)37(26)43)17-45-28(41)13-12-22-10-8-7-9-11-22/h7-14,25-27,31,37,42-43H,6,15-18H2,1-5H3/b13-12+/t25?,26-,27-,31-,37-/m0/s1. The molecule has 2 N–H and O–H groups in total. The minimum atomic E-state index is -0.975. The summed E-state index contributed by atoms with van der Waals surface area (Å²) in [5.74, 6) is 0.745. The predicted octanol–water partition coefficient (Wildman–Crippen LogP) is 4.52. The van der Waals surface area contributed by atoms with Gasteiger partial charge in [0.05, 0.1) is 25.2 Å². The number of nitrogens with zero attached hydrogens (tertiary/aromatic N) is 2. The molecule has 7 rings (SSSR count). The van der Waals surface area contributed by atoms with E-state index in [1.165, 1.54) is 13.0 Å². The summed E-state index contributed by atoms with van der Waals surface area (Å²) < 4.78 is 29.4. The van der Waals surface area contributed by atoms with Gasteiger partial charge in [0.2, 0.25) is 6.79 Å². The van der Waals surface area contributed by atoms with Crippen LogP contribution >= 0.6 is 0 Å². The number of carbonyl (C=O) groups excluding carboxylic acids is 2. The first-order chi connectivity index (χ1) is 23.1. The molecule has 0 radical (unpaired) electrons. The Morgan fingerprint density at radius 3 is 2.50 bits per heavy atom. The summed E-state index contributed by atoms with van der Waals surface area (Å²) in [4.78, 5) is 29.8. The van der Waals surface area contributed by atoms with Crippen molar-refractivity contribution < 1.29 is 43.5 Å². The van der Waals surface area contributed by atoms with Crippen LogP contribution in [0, 0.1) is 13.8 Å². The fraction of sp³-hybridized carbons (Fsp3) is 0.405. The van der Waals surface area contributed by atoms with E-state index in [-0.39, 0.29) is 31.2 Å². The number of likely N-dealkylation sites (N-methyl/N-ethyl adjacent to an activating group) is 1. The molecule has 4 aliphatic rings. The second kappa shape index (κ2) is 12.5. The number of aliphatic hydroxyl groups is 1. The molecule has 11 heteroatoms. The molecule has 1 unspecified atom stereocenters. The molecule has 1 fully saturated rings. The van der Waals surface area contributed by atoms with Gasteiger partial charge in [-0.15, -0.1) is 0 Å². The highest BCUT2D eigenvalue weighted by Gasteiger charge is 2.57. The van der Waals surface area contributed by atoms with Gasteiger partial charge >= 0.3 is 11.9 Å². The molecular weight excluding hydrogens is 616 g/mol. The minimum absolute atomic E-state index is 0.0281. The molecule has 252 valence electrons. The van der Waals surface area contributed by atoms with Crippen LogP contribution < -0.4 is 18.9 Å². The van der Waals surface area contributed by atoms with Gasteiger partial charge in [-0.1, -0.05) is 43.3 Å². The summed E-state index contributed by atoms with van der Waals surface area (Å²) in [6.07, 6.45) is 2.92. The summed E-state index contributed by atoms with van der Waals surface area (Å²) in [6.45, 7) is 7.56. The zero-order chi connectivity index (χ0) is 33.9. The van der Waals surface area contributed by atoms with Crippen molar-refractivity contribution in [2.24, 2.45) is 0 Å². The number of aryl methyl sites for hydroxylation is 1. The number of rotatable bonds is 7. The first kappa shape index (κ1) is 32.0. The number of esters is 2. The van der Waals surface area contributed by atoms with E-state index in [9.17, 15) is 19.8 Å². The SMILES string of the molecule is CCN1[C@@H]2c3c(cc(C)c(OC)c3O)C[C@H]1[C@H](O)N1C2Cc2c(OC(C)=O)c(C)c3c(c2[C@@H]1COC(=O)/C=C/c1ccccc1)OCO3. The van der Waals surface area contributed by atoms with E-state index in [2.05, 4.69) is 4.90 Å². The molecule has 48 heavy (non-hydrogen) atoms. The summed E-state index contributed by atoms with van der Waals surface area (Å²) in [5, 5.41) is 24.0. The van der Waals surface area contributed by atoms with E-state index in [0.717, 1.165) is 22.3 Å². The Labute approximate surface area is 279 Å². The summed E-state index contributed by atoms with van der Waals surface area (Å²) in [5.41, 5.74) is 5.34. The molecule has 3 aromatic carbocycles. The van der Waals surface area contributed by atoms with Gasteiger partial charge in [-0.05, 0) is 56.0 Å². The van der Waals surface area contributed by atoms with E-state index < -0.39 is 30.3 Å². The van der Waals surface area contributed by atoms with E-state index in [4.69, 9.17) is 23.7 Å². The lowest BCUT2D eigenvalue weighted by atomic mass is 9.73. The first-order valence-electron chi connectivity index (χ1n) is 16.3. The van der Waals surface area contributed by atoms with Crippen molar-refractivity contribution in [3.8, 4) is 28.7 Å². The third kappa shape index (κ3) is 5.08. The van der Waals surface area contributed by atoms with Crippen LogP contribution in [0.2, 0.25) is 0 Å². The number of hydrogen-bond acceptors (Lipinski definition) is 11. The highest BCUT2D eigenvalue weighted by Crippen LogP contribution is 2.58. The van der Waals surface area contributed by atoms with Gasteiger partial charge in [-0.25, -0.2) is 4.79 Å². The van der Waals surface area contributed by atoms with Gasteiger partial charge in [-0.3, -0.25) is 14.6 Å². The maximum Gasteiger partial charge on any atom is 0.330 e. The number of ether oxygens (including phenoxy) is 5. The Morgan fingerprint density at radius 2 is 1.79 bits per heavy atom. The average molecular weight is 657 g/mol. The highest BCUT2D eigenvalue weighted by atomic mass is 16.7. The molecule has 5 atom stereocenters. The summed E-state index contributed by atoms with van der Waals surface area (Å²) in [6, 6.07) is 9.65. The number of methoxy groups -OCH3 is 1. The molecule has 3 aromatic rings. The number of phenols is 1. The monoisotopic (exact) mass is 656 g/mol. The molecule has 0 spiro atoms. The number of fused-ring (bicyclic) bond motifs is 9. The number of aliphatic hydroxyl groups excluding tert-OH is 1. The molecule has 0 amide bonds. The maximum absolute atomic E-state index is 13.1. The maximum atomic E-state index is 13.1. The Hall–Kier alpha value is -4.58. The Morgan fingerprint density at radius 1 is 1.04 bits per heavy atom. The first-order valence-corrected chi connectivity index (χ1v) is 16.3. The van der Waals surface area contributed by atoms with Gasteiger partial charge in [-0.2, -0.15) is 0 Å². The number of aromatic hydroxyl groups is 1. The van der Waals surface area contributed by atoms with Crippen LogP contribution in [0.25, 0.3) is 6.08 Å². The summed E-state index contributed by atoms with van der Waals surface area (Å²) in [7, 11) is 1.54. The Balaban J connectivity index is 1.38. The fourth-order valence-corrected chi connectivity index (χ4v) is 8.30. The van der Waals surface area contributed by atoms with E-state index in [1.54, 1.807) is 13.2 Å². The number of phenolic OH excluding ortho intramolecular Hbond substituents is 1. The van der Waals surface area contributed by atoms with Gasteiger partial charge < -0.3 is 33.9 Å². The van der Waals surface area contributed by atoms with Crippen molar-refractivity contribution in [1.82, 2.24) is 9.80 Å². The lowest BCUT2D eigenvalue weighted by molar-refractivity contribution is -0.186. The van der Waals surface area contributed by atoms with Crippen LogP contribution in [0.4, 0.5) is 0 Å². The van der Waals surface area contributed by atoms with Crippen LogP contribution in [-0.4, -0.2) is 77.3 Å². The van der Waals surface area contributed by atoms with E-state index >= 15 is 0 Å². The third-order valence-corrected chi connectivity index (χ3v) is 10.1. The van der Waals surface area contributed by atoms with Gasteiger partial charge in [0.15, 0.2) is 23.0 Å². The lowest BCUT2D eigenvalue weighted by Gasteiger charge is -2.60. The summed E-state index contributed by atoms with van der Waals surface area (Å²) >= 11 is 0. The molecule has 11 nitrogen and oxygen atoms in total. The average Bonchev–Trinajstić information content (AvgIpc) is 3.57. The van der Waals surface area contributed by atoms with Crippen molar-refractivity contribution in [2.75, 3.05) is 27.1 Å². The molecule has 0 aromatic heterocycles. The highest BCUT2D eigenvalue weighted by molar-refractivity contribution is 5.87. The van der Waals surface area contributed by atoms with Gasteiger partial charge in [0.25, 0.3) is 0 Å². The number of hydrogen-bond donors (Lipinski definition) is 2. The predicted molar refractivity (Wildman–Crippen MR) is 175 cm³/mol. The molecule has 0 saturated carbocycles. The number of carbonyl (C=O) groups is 2. The Kier molecular flexibility index (Phi) is 8.31. The minimum Gasteiger partial charge on any atom is -0.504 e. The van der Waals surface area contributed by atoms with Crippen molar-refractivity contribution in [2.45, 2.75) is 70.9 Å². The second-order valence-corrected chi connectivity index (χ2v) is 12.7. The lowest BCUT2D eigenvalue weighted by Crippen LogP contribution is -2.69. The van der Waals surface area contributed by atoms with E-state index in [0.29, 0.717) is 59.1 Å². The quantitative estimate of drug-likeness (QED) is 0.212. The second-order valence-electron chi connectivity index (χ2n) is 12.7. The van der Waals surface area contributed by atoms with Crippen LogP contribution in [0.5, 0.6) is 28.7 Å². The van der Waals surface area contributed by atoms with Crippen LogP contribution in [0.3, 0.4) is 0 Å². The topological polar surface area (TPSA) is 127 Å². The molecular formula is C37H40N2O9. The molecule has 2 bridgehead atoms. The van der Waals surface area contributed by atoms with E-state index in [1.807, 2.05) is 62.1 Å². The number of benzene rings is 3. The van der Waals surface area contributed by atoms with Crippen molar-refractivity contribution >= 4 is 18.0 Å². The van der Waals surface area contributed by atoms with Crippen LogP contribution in [-0.2, 0) is 27.2 Å². The third-order valence-electron chi connectivity index (χ3n) is 10.1. The molecule has 0 aliphatic carbocycles. The Bertz CT molecular complexity index is 1810. The van der Waals surface area contributed by atoms with Crippen molar-refractivity contribution in [3.63, 3.8) is 0 Å². The van der Waals surface area contributed by atoms with Gasteiger partial charge in [0, 0.05) is 41.3 Å². The number of piperazine rings is 1. The molecule has 4 heterocycles. The smallest absolute Gasteiger partial charge is 0.330 e. The molecule has 1 saturated heterocycles. The fourth-order valence-electron chi connectivity index (χ4n) is 8.30. The van der Waals surface area contributed by atoms with Crippen molar-refractivity contribution in [3.05, 3.63) is 81.4 Å². The van der Waals surface area contributed by atoms with Crippen molar-refractivity contribution in [1.29, 1.82) is 0 Å². The zero-order valence-electron chi connectivity index (χ0n) is 27.7. The van der Waals surface area contributed by atoms with Crippen LogP contribution in [0.1, 0.15) is 64.9 Å². The van der Waals surface area contributed by atoms with Gasteiger partial charge in [0.1, 0.15) is 18.6 Å². The van der Waals surface area contributed by atoms with Crippen LogP contribution in [0.15, 0.2) is 42.5 Å². The largest absolute Gasteiger partial charge is 0.504 e. The normalized spacial score (nSPS) is 24.1. The zero-order valence-corrected chi connectivity index (χ0v) is 27.7. The molecule has 4 aliphatic heterocycles.